The smallest absolute Gasteiger partial charge is 0.117 e. The minimum Gasteiger partial charge on any atom is -0.508 e. The number of hydrogen-bond donors (Lipinski definition) is 4. The Kier molecular flexibility index (Phi) is 14.1. The Morgan fingerprint density at radius 3 is 1.49 bits per heavy atom. The van der Waals surface area contributed by atoms with Crippen LogP contribution in [0.3, 0.4) is 0 Å². The molecule has 0 amide bonds. The van der Waals surface area contributed by atoms with Crippen LogP contribution in [0.1, 0.15) is 19.4 Å². The zero-order chi connectivity index (χ0) is 41.1. The third kappa shape index (κ3) is 9.62. The van der Waals surface area contributed by atoms with Crippen molar-refractivity contribution in [2.45, 2.75) is 32.5 Å². The summed E-state index contributed by atoms with van der Waals surface area (Å²) in [5, 5.41) is 43.1. The first-order chi connectivity index (χ1) is 27.9. The summed E-state index contributed by atoms with van der Waals surface area (Å²) in [6, 6.07) is 43.3. The average Bonchev–Trinajstić information content (AvgIpc) is 3.66. The van der Waals surface area contributed by atoms with Crippen molar-refractivity contribution in [3.05, 3.63) is 154 Å². The molecule has 4 heterocycles. The largest absolute Gasteiger partial charge is 0.508 e. The Hall–Kier alpha value is -4.87. The van der Waals surface area contributed by atoms with Crippen LogP contribution in [-0.2, 0) is 40.6 Å². The van der Waals surface area contributed by atoms with Crippen LogP contribution in [0.25, 0.3) is 66.1 Å². The zero-order valence-electron chi connectivity index (χ0n) is 32.7. The van der Waals surface area contributed by atoms with Gasteiger partial charge in [-0.1, -0.05) is 79.0 Å². The second kappa shape index (κ2) is 19.0. The standard InChI is InChI=1S/2C18H13N2O.C12H16Br2O2.Ir/c2*1-20-17-8-5-12(16-4-2-3-9-19-16)10-15(17)14-7-6-13(21)11-18(14)20;1-7(15)11(8(2)16)6-9-5-10(13)3-4-12(9)14;/h2*2-4,6-11,21H,1H3;3-5,7-8,11,15-16H,6H2,1-2H3;/q2*-1;;. The molecule has 0 aliphatic heterocycles. The molecule has 1 radical (unpaired) electrons. The van der Waals surface area contributed by atoms with Crippen LogP contribution in [-0.4, -0.2) is 51.7 Å². The first kappa shape index (κ1) is 43.7. The first-order valence-electron chi connectivity index (χ1n) is 18.8. The summed E-state index contributed by atoms with van der Waals surface area (Å²) < 4.78 is 6.15. The van der Waals surface area contributed by atoms with Crippen LogP contribution in [0.2, 0.25) is 0 Å². The number of pyridine rings is 2. The number of aliphatic hydroxyl groups excluding tert-OH is 2. The van der Waals surface area contributed by atoms with Crippen molar-refractivity contribution >= 4 is 75.5 Å². The van der Waals surface area contributed by atoms with Gasteiger partial charge < -0.3 is 39.5 Å². The van der Waals surface area contributed by atoms with Gasteiger partial charge in [0.05, 0.1) is 12.2 Å². The molecule has 0 spiro atoms. The van der Waals surface area contributed by atoms with Gasteiger partial charge in [0.25, 0.3) is 0 Å². The number of aromatic hydroxyl groups is 2. The van der Waals surface area contributed by atoms with Crippen LogP contribution in [0.15, 0.2) is 137 Å². The van der Waals surface area contributed by atoms with E-state index in [-0.39, 0.29) is 37.5 Å². The molecule has 5 aromatic carbocycles. The monoisotopic (exact) mass is 1090 g/mol. The number of phenolic OH excluding ortho intramolecular Hbond substituents is 2. The van der Waals surface area contributed by atoms with Gasteiger partial charge >= 0.3 is 0 Å². The fraction of sp³-hybridized carbons (Fsp3) is 0.167. The predicted molar refractivity (Wildman–Crippen MR) is 241 cm³/mol. The van der Waals surface area contributed by atoms with E-state index in [0.29, 0.717) is 6.42 Å². The number of aromatic nitrogens is 4. The molecule has 0 aliphatic carbocycles. The summed E-state index contributed by atoms with van der Waals surface area (Å²) in [6.07, 6.45) is 3.18. The molecule has 0 saturated carbocycles. The summed E-state index contributed by atoms with van der Waals surface area (Å²) >= 11 is 6.89. The molecule has 0 bridgehead atoms. The van der Waals surface area contributed by atoms with E-state index in [0.717, 1.165) is 80.6 Å². The fourth-order valence-corrected chi connectivity index (χ4v) is 8.12. The van der Waals surface area contributed by atoms with E-state index in [1.165, 1.54) is 0 Å². The summed E-state index contributed by atoms with van der Waals surface area (Å²) in [5.41, 5.74) is 9.07. The Labute approximate surface area is 373 Å². The Morgan fingerprint density at radius 1 is 0.593 bits per heavy atom. The van der Waals surface area contributed by atoms with Crippen LogP contribution >= 0.6 is 31.9 Å². The minimum absolute atomic E-state index is 0. The topological polar surface area (TPSA) is 117 Å². The molecule has 9 rings (SSSR count). The van der Waals surface area contributed by atoms with E-state index in [1.807, 2.05) is 93.0 Å². The van der Waals surface area contributed by atoms with Crippen molar-refractivity contribution in [1.82, 2.24) is 19.1 Å². The van der Waals surface area contributed by atoms with E-state index in [2.05, 4.69) is 75.2 Å². The third-order valence-corrected chi connectivity index (χ3v) is 11.7. The number of fused-ring (bicyclic) bond motifs is 6. The van der Waals surface area contributed by atoms with Crippen LogP contribution < -0.4 is 0 Å². The number of aliphatic hydroxyl groups is 2. The van der Waals surface area contributed by atoms with Gasteiger partial charge in [0.15, 0.2) is 0 Å². The summed E-state index contributed by atoms with van der Waals surface area (Å²) in [4.78, 5) is 8.76. The second-order valence-electron chi connectivity index (χ2n) is 14.3. The number of halogens is 2. The molecule has 4 N–H and O–H groups in total. The van der Waals surface area contributed by atoms with Gasteiger partial charge in [-0.25, -0.2) is 0 Å². The van der Waals surface area contributed by atoms with Gasteiger partial charge in [-0.3, -0.25) is 0 Å². The maximum atomic E-state index is 9.68. The minimum atomic E-state index is -0.522. The molecule has 0 aliphatic rings. The maximum absolute atomic E-state index is 9.68. The van der Waals surface area contributed by atoms with Gasteiger partial charge in [-0.05, 0) is 101 Å². The molecule has 2 atom stereocenters. The van der Waals surface area contributed by atoms with Crippen LogP contribution in [0, 0.1) is 18.1 Å². The van der Waals surface area contributed by atoms with E-state index >= 15 is 0 Å². The third-order valence-electron chi connectivity index (χ3n) is 10.4. The zero-order valence-corrected chi connectivity index (χ0v) is 38.3. The van der Waals surface area contributed by atoms with Gasteiger partial charge in [0, 0.05) is 84.6 Å². The molecular weight excluding hydrogens is 1050 g/mol. The molecule has 0 fully saturated rings. The van der Waals surface area contributed by atoms with Crippen molar-refractivity contribution in [2.75, 3.05) is 0 Å². The number of benzene rings is 5. The van der Waals surface area contributed by atoms with Crippen LogP contribution in [0.4, 0.5) is 0 Å². The average molecular weight is 1090 g/mol. The van der Waals surface area contributed by atoms with Crippen molar-refractivity contribution < 1.29 is 40.5 Å². The molecule has 8 nitrogen and oxygen atoms in total. The number of aryl methyl sites for hydroxylation is 2. The predicted octanol–water partition coefficient (Wildman–Crippen LogP) is 10.9. The number of rotatable bonds is 6. The SMILES string of the molecule is CC(O)C(Cc1cc(Br)ccc1Br)C(C)O.Cn1c2c[c-]c(-c3ccccn3)cc2c2ccc(O)cc21.Cn1c2c[c-]c(-c3ccccn3)cc2c2ccc(O)cc21.[Ir]. The Balaban J connectivity index is 0.000000150. The van der Waals surface area contributed by atoms with Gasteiger partial charge in [-0.2, -0.15) is 0 Å². The summed E-state index contributed by atoms with van der Waals surface area (Å²) in [5.74, 6) is 0.412. The van der Waals surface area contributed by atoms with E-state index < -0.39 is 12.2 Å². The summed E-state index contributed by atoms with van der Waals surface area (Å²) in [6.45, 7) is 3.42. The fourth-order valence-electron chi connectivity index (χ4n) is 7.30. The quantitative estimate of drug-likeness (QED) is 0.123. The number of phenols is 2. The molecule has 59 heavy (non-hydrogen) atoms. The van der Waals surface area contributed by atoms with Crippen molar-refractivity contribution in [3.63, 3.8) is 0 Å². The molecule has 2 unspecified atom stereocenters. The molecule has 4 aromatic heterocycles. The van der Waals surface area contributed by atoms with Gasteiger partial charge in [0.1, 0.15) is 11.5 Å². The molecule has 0 saturated heterocycles. The van der Waals surface area contributed by atoms with Crippen molar-refractivity contribution in [2.24, 2.45) is 20.0 Å². The molecule has 9 aromatic rings. The first-order valence-corrected chi connectivity index (χ1v) is 20.4. The molecule has 11 heteroatoms. The maximum Gasteiger partial charge on any atom is 0.117 e. The van der Waals surface area contributed by atoms with E-state index in [4.69, 9.17) is 0 Å². The molecule has 303 valence electrons. The van der Waals surface area contributed by atoms with Crippen molar-refractivity contribution in [3.8, 4) is 34.0 Å². The normalized spacial score (nSPS) is 12.6. The summed E-state index contributed by atoms with van der Waals surface area (Å²) in [7, 11) is 4.00. The van der Waals surface area contributed by atoms with E-state index in [9.17, 15) is 20.4 Å². The Morgan fingerprint density at radius 2 is 1.07 bits per heavy atom. The van der Waals surface area contributed by atoms with Gasteiger partial charge in [0.2, 0.25) is 0 Å². The second-order valence-corrected chi connectivity index (χ2v) is 16.1. The molecular formula is C48H42Br2IrN4O4-2. The van der Waals surface area contributed by atoms with E-state index in [1.54, 1.807) is 50.5 Å². The number of hydrogen-bond acceptors (Lipinski definition) is 6. The number of nitrogens with zero attached hydrogens (tertiary/aromatic N) is 4. The Bertz CT molecular complexity index is 2690. The van der Waals surface area contributed by atoms with Crippen LogP contribution in [0.5, 0.6) is 11.5 Å². The van der Waals surface area contributed by atoms with Gasteiger partial charge in [-0.15, -0.1) is 47.5 Å². The van der Waals surface area contributed by atoms with Crippen molar-refractivity contribution in [1.29, 1.82) is 0 Å².